The lowest BCUT2D eigenvalue weighted by Crippen LogP contribution is -2.48. The molecule has 1 fully saturated rings. The average molecular weight is 463 g/mol. The van der Waals surface area contributed by atoms with Crippen LogP contribution in [-0.4, -0.2) is 75.2 Å². The zero-order valence-corrected chi connectivity index (χ0v) is 18.2. The number of hydrogen-bond acceptors (Lipinski definition) is 4. The SMILES string of the molecule is CCN1CCN(CC(C)CNC(=NC)NCCc2ccco2)CC1.I. The summed E-state index contributed by atoms with van der Waals surface area (Å²) in [5, 5.41) is 6.77. The molecule has 1 aliphatic rings. The monoisotopic (exact) mass is 463 g/mol. The molecule has 144 valence electrons. The third kappa shape index (κ3) is 8.42. The summed E-state index contributed by atoms with van der Waals surface area (Å²) in [6.07, 6.45) is 2.58. The van der Waals surface area contributed by atoms with Gasteiger partial charge in [-0.1, -0.05) is 13.8 Å². The molecule has 0 amide bonds. The molecule has 2 N–H and O–H groups in total. The van der Waals surface area contributed by atoms with E-state index < -0.39 is 0 Å². The van der Waals surface area contributed by atoms with Crippen molar-refractivity contribution >= 4 is 29.9 Å². The van der Waals surface area contributed by atoms with Crippen molar-refractivity contribution in [3.8, 4) is 0 Å². The highest BCUT2D eigenvalue weighted by Crippen LogP contribution is 2.05. The zero-order valence-electron chi connectivity index (χ0n) is 15.8. The first-order chi connectivity index (χ1) is 11.7. The summed E-state index contributed by atoms with van der Waals surface area (Å²) < 4.78 is 5.34. The maximum absolute atomic E-state index is 5.34. The van der Waals surface area contributed by atoms with E-state index in [1.807, 2.05) is 19.2 Å². The van der Waals surface area contributed by atoms with Crippen LogP contribution in [0.5, 0.6) is 0 Å². The standard InChI is InChI=1S/C18H33N5O.HI/c1-4-22-9-11-23(12-10-22)15-16(2)14-21-18(19-3)20-8-7-17-6-5-13-24-17;/h5-6,13,16H,4,7-12,14-15H2,1-3H3,(H2,19,20,21);1H. The molecule has 0 aliphatic carbocycles. The van der Waals surface area contributed by atoms with Gasteiger partial charge in [0.15, 0.2) is 5.96 Å². The number of rotatable bonds is 8. The second-order valence-electron chi connectivity index (χ2n) is 6.55. The van der Waals surface area contributed by atoms with Gasteiger partial charge in [-0.3, -0.25) is 4.99 Å². The van der Waals surface area contributed by atoms with Gasteiger partial charge < -0.3 is 24.9 Å². The molecule has 1 saturated heterocycles. The first-order valence-corrected chi connectivity index (χ1v) is 9.12. The first-order valence-electron chi connectivity index (χ1n) is 9.12. The topological polar surface area (TPSA) is 56.0 Å². The minimum Gasteiger partial charge on any atom is -0.469 e. The van der Waals surface area contributed by atoms with Gasteiger partial charge in [0.25, 0.3) is 0 Å². The molecule has 25 heavy (non-hydrogen) atoms. The summed E-state index contributed by atoms with van der Waals surface area (Å²) in [4.78, 5) is 9.38. The highest BCUT2D eigenvalue weighted by molar-refractivity contribution is 14.0. The smallest absolute Gasteiger partial charge is 0.191 e. The maximum Gasteiger partial charge on any atom is 0.191 e. The second-order valence-corrected chi connectivity index (χ2v) is 6.55. The lowest BCUT2D eigenvalue weighted by molar-refractivity contribution is 0.124. The molecule has 0 bridgehead atoms. The van der Waals surface area contributed by atoms with Gasteiger partial charge in [-0.05, 0) is 24.6 Å². The molecule has 1 aromatic heterocycles. The van der Waals surface area contributed by atoms with Gasteiger partial charge in [0.1, 0.15) is 5.76 Å². The van der Waals surface area contributed by atoms with Gasteiger partial charge in [-0.25, -0.2) is 0 Å². The summed E-state index contributed by atoms with van der Waals surface area (Å²) in [5.74, 6) is 2.46. The summed E-state index contributed by atoms with van der Waals surface area (Å²) in [5.41, 5.74) is 0. The van der Waals surface area contributed by atoms with Crippen molar-refractivity contribution in [1.82, 2.24) is 20.4 Å². The number of halogens is 1. The van der Waals surface area contributed by atoms with E-state index in [4.69, 9.17) is 4.42 Å². The zero-order chi connectivity index (χ0) is 17.2. The Morgan fingerprint density at radius 3 is 2.56 bits per heavy atom. The minimum atomic E-state index is 0. The Hall–Kier alpha value is -0.800. The van der Waals surface area contributed by atoms with Crippen LogP contribution in [0.3, 0.4) is 0 Å². The van der Waals surface area contributed by atoms with Crippen molar-refractivity contribution in [2.75, 3.05) is 59.4 Å². The molecular formula is C18H34IN5O. The van der Waals surface area contributed by atoms with Crippen LogP contribution in [0.15, 0.2) is 27.8 Å². The minimum absolute atomic E-state index is 0. The van der Waals surface area contributed by atoms with Crippen LogP contribution in [0.2, 0.25) is 0 Å². The summed E-state index contributed by atoms with van der Waals surface area (Å²) in [6, 6.07) is 3.92. The van der Waals surface area contributed by atoms with E-state index in [-0.39, 0.29) is 24.0 Å². The number of aliphatic imine (C=N–C) groups is 1. The highest BCUT2D eigenvalue weighted by Gasteiger charge is 2.17. The van der Waals surface area contributed by atoms with Crippen molar-refractivity contribution in [3.63, 3.8) is 0 Å². The number of hydrogen-bond donors (Lipinski definition) is 2. The van der Waals surface area contributed by atoms with Crippen molar-refractivity contribution in [2.45, 2.75) is 20.3 Å². The van der Waals surface area contributed by atoms with Crippen LogP contribution < -0.4 is 10.6 Å². The lowest BCUT2D eigenvalue weighted by Gasteiger charge is -2.35. The fraction of sp³-hybridized carbons (Fsp3) is 0.722. The van der Waals surface area contributed by atoms with Crippen molar-refractivity contribution in [2.24, 2.45) is 10.9 Å². The normalized spacial score (nSPS) is 17.8. The maximum atomic E-state index is 5.34. The molecule has 6 nitrogen and oxygen atoms in total. The lowest BCUT2D eigenvalue weighted by atomic mass is 10.1. The molecule has 1 atom stereocenters. The molecule has 0 radical (unpaired) electrons. The number of likely N-dealkylation sites (N-methyl/N-ethyl adjacent to an activating group) is 1. The van der Waals surface area contributed by atoms with Gasteiger partial charge >= 0.3 is 0 Å². The Kier molecular flexibility index (Phi) is 11.2. The van der Waals surface area contributed by atoms with Crippen LogP contribution in [0.4, 0.5) is 0 Å². The third-order valence-corrected chi connectivity index (χ3v) is 4.57. The molecular weight excluding hydrogens is 429 g/mol. The molecule has 7 heteroatoms. The molecule has 0 aromatic carbocycles. The fourth-order valence-corrected chi connectivity index (χ4v) is 3.04. The van der Waals surface area contributed by atoms with E-state index in [2.05, 4.69) is 39.3 Å². The van der Waals surface area contributed by atoms with Gasteiger partial charge in [-0.15, -0.1) is 24.0 Å². The van der Waals surface area contributed by atoms with E-state index in [0.717, 1.165) is 37.8 Å². The fourth-order valence-electron chi connectivity index (χ4n) is 3.04. The van der Waals surface area contributed by atoms with Gasteiger partial charge in [-0.2, -0.15) is 0 Å². The van der Waals surface area contributed by atoms with Crippen LogP contribution in [0.1, 0.15) is 19.6 Å². The number of guanidine groups is 1. The van der Waals surface area contributed by atoms with Crippen molar-refractivity contribution in [1.29, 1.82) is 0 Å². The Morgan fingerprint density at radius 2 is 1.96 bits per heavy atom. The van der Waals surface area contributed by atoms with Crippen LogP contribution >= 0.6 is 24.0 Å². The van der Waals surface area contributed by atoms with E-state index in [9.17, 15) is 0 Å². The van der Waals surface area contributed by atoms with Crippen molar-refractivity contribution < 1.29 is 4.42 Å². The largest absolute Gasteiger partial charge is 0.469 e. The molecule has 2 rings (SSSR count). The second kappa shape index (κ2) is 12.5. The summed E-state index contributed by atoms with van der Waals surface area (Å²) in [6.45, 7) is 13.4. The Bertz CT molecular complexity index is 472. The van der Waals surface area contributed by atoms with Gasteiger partial charge in [0.2, 0.25) is 0 Å². The Labute approximate surface area is 169 Å². The van der Waals surface area contributed by atoms with Gasteiger partial charge in [0.05, 0.1) is 6.26 Å². The van der Waals surface area contributed by atoms with E-state index in [1.165, 1.54) is 32.7 Å². The van der Waals surface area contributed by atoms with E-state index in [1.54, 1.807) is 6.26 Å². The summed E-state index contributed by atoms with van der Waals surface area (Å²) in [7, 11) is 1.82. The van der Waals surface area contributed by atoms with Crippen LogP contribution in [0, 0.1) is 5.92 Å². The van der Waals surface area contributed by atoms with Crippen molar-refractivity contribution in [3.05, 3.63) is 24.2 Å². The third-order valence-electron chi connectivity index (χ3n) is 4.57. The number of nitrogens with zero attached hydrogens (tertiary/aromatic N) is 3. The van der Waals surface area contributed by atoms with Crippen LogP contribution in [-0.2, 0) is 6.42 Å². The van der Waals surface area contributed by atoms with Gasteiger partial charge in [0, 0.05) is 59.3 Å². The van der Waals surface area contributed by atoms with E-state index in [0.29, 0.717) is 5.92 Å². The quantitative estimate of drug-likeness (QED) is 0.351. The number of furan rings is 1. The number of piperazine rings is 1. The predicted octanol–water partition coefficient (Wildman–Crippen LogP) is 1.88. The first kappa shape index (κ1) is 22.2. The predicted molar refractivity (Wildman–Crippen MR) is 115 cm³/mol. The molecule has 1 aliphatic heterocycles. The molecule has 0 spiro atoms. The number of nitrogens with one attached hydrogen (secondary N) is 2. The molecule has 1 unspecified atom stereocenters. The molecule has 0 saturated carbocycles. The highest BCUT2D eigenvalue weighted by atomic mass is 127. The van der Waals surface area contributed by atoms with E-state index >= 15 is 0 Å². The Morgan fingerprint density at radius 1 is 1.24 bits per heavy atom. The molecule has 2 heterocycles. The Balaban J connectivity index is 0.00000312. The van der Waals surface area contributed by atoms with Crippen LogP contribution in [0.25, 0.3) is 0 Å². The average Bonchev–Trinajstić information content (AvgIpc) is 3.12. The molecule has 1 aromatic rings. The summed E-state index contributed by atoms with van der Waals surface area (Å²) >= 11 is 0.